The maximum absolute atomic E-state index is 5.14. The number of hydrogen-bond donors (Lipinski definition) is 0. The summed E-state index contributed by atoms with van der Waals surface area (Å²) >= 11 is 0. The van der Waals surface area contributed by atoms with Gasteiger partial charge < -0.3 is 0 Å². The molecule has 0 aliphatic heterocycles. The average Bonchev–Trinajstić information content (AvgIpc) is 3.13. The Morgan fingerprint density at radius 1 is 0.354 bits per heavy atom. The van der Waals surface area contributed by atoms with Gasteiger partial charge in [0.15, 0.2) is 17.5 Å². The molecule has 0 amide bonds. The summed E-state index contributed by atoms with van der Waals surface area (Å²) in [5.41, 5.74) is 7.97. The third-order valence-corrected chi connectivity index (χ3v) is 11.0. The third-order valence-electron chi connectivity index (χ3n) is 11.0. The quantitative estimate of drug-likeness (QED) is 0.185. The van der Waals surface area contributed by atoms with Crippen LogP contribution >= 0.6 is 0 Å². The van der Waals surface area contributed by atoms with Crippen molar-refractivity contribution in [2.45, 2.75) is 38.5 Å². The molecule has 9 rings (SSSR count). The van der Waals surface area contributed by atoms with Gasteiger partial charge in [0, 0.05) is 16.7 Å². The van der Waals surface area contributed by atoms with E-state index in [0.29, 0.717) is 17.5 Å². The second-order valence-electron chi connectivity index (χ2n) is 14.2. The molecule has 3 heteroatoms. The summed E-state index contributed by atoms with van der Waals surface area (Å²) in [5.74, 6) is 2.01. The van der Waals surface area contributed by atoms with Crippen molar-refractivity contribution in [3.63, 3.8) is 0 Å². The van der Waals surface area contributed by atoms with Gasteiger partial charge in [-0.15, -0.1) is 0 Å². The Labute approximate surface area is 281 Å². The van der Waals surface area contributed by atoms with Crippen LogP contribution in [-0.4, -0.2) is 15.0 Å². The normalized spacial score (nSPS) is 14.6. The van der Waals surface area contributed by atoms with Gasteiger partial charge in [0.1, 0.15) is 0 Å². The summed E-state index contributed by atoms with van der Waals surface area (Å²) in [7, 11) is 0. The molecule has 0 fully saturated rings. The highest BCUT2D eigenvalue weighted by Crippen LogP contribution is 2.55. The Morgan fingerprint density at radius 3 is 1.67 bits per heavy atom. The fraction of sp³-hybridized carbons (Fsp3) is 0.133. The molecule has 0 N–H and O–H groups in total. The average molecular weight is 618 g/mol. The van der Waals surface area contributed by atoms with Gasteiger partial charge in [0.2, 0.25) is 0 Å². The molecule has 0 saturated carbocycles. The van der Waals surface area contributed by atoms with E-state index in [1.54, 1.807) is 0 Å². The lowest BCUT2D eigenvalue weighted by atomic mass is 9.55. The van der Waals surface area contributed by atoms with E-state index >= 15 is 0 Å². The maximum atomic E-state index is 5.14. The summed E-state index contributed by atoms with van der Waals surface area (Å²) in [6, 6.07) is 49.9. The standard InChI is InChI=1S/C45H35N3/c1-44(2)39-23-22-34(25-37(39)38-27-36-32(26-40(38)45(44,3)4)20-19-29-13-10-11-17-35(29)36)43-47-41(30-14-6-5-7-15-30)46-42(48-43)33-21-18-28-12-8-9-16-31(28)24-33/h5-27H,1-4H3. The van der Waals surface area contributed by atoms with Crippen LogP contribution in [0.4, 0.5) is 0 Å². The van der Waals surface area contributed by atoms with Crippen LogP contribution in [0.2, 0.25) is 0 Å². The zero-order chi connectivity index (χ0) is 32.6. The molecular weight excluding hydrogens is 583 g/mol. The molecule has 0 bridgehead atoms. The maximum Gasteiger partial charge on any atom is 0.164 e. The second kappa shape index (κ2) is 10.4. The van der Waals surface area contributed by atoms with Gasteiger partial charge in [-0.05, 0) is 89.7 Å². The molecule has 3 nitrogen and oxygen atoms in total. The molecule has 48 heavy (non-hydrogen) atoms. The molecule has 8 aromatic rings. The Hall–Kier alpha value is -5.67. The molecule has 0 saturated heterocycles. The molecular formula is C45H35N3. The van der Waals surface area contributed by atoms with Crippen molar-refractivity contribution in [2.75, 3.05) is 0 Å². The Bertz CT molecular complexity index is 2560. The van der Waals surface area contributed by atoms with Gasteiger partial charge in [-0.3, -0.25) is 0 Å². The third kappa shape index (κ3) is 4.31. The summed E-state index contributed by atoms with van der Waals surface area (Å²) in [6.07, 6.45) is 0. The van der Waals surface area contributed by atoms with Crippen molar-refractivity contribution in [1.29, 1.82) is 0 Å². The topological polar surface area (TPSA) is 38.7 Å². The lowest BCUT2D eigenvalue weighted by Crippen LogP contribution is -2.43. The van der Waals surface area contributed by atoms with Crippen LogP contribution in [0.5, 0.6) is 0 Å². The molecule has 0 radical (unpaired) electrons. The minimum atomic E-state index is -0.108. The van der Waals surface area contributed by atoms with E-state index in [2.05, 4.69) is 149 Å². The van der Waals surface area contributed by atoms with E-state index < -0.39 is 0 Å². The lowest BCUT2D eigenvalue weighted by molar-refractivity contribution is 0.299. The predicted molar refractivity (Wildman–Crippen MR) is 200 cm³/mol. The first-order valence-electron chi connectivity index (χ1n) is 16.7. The van der Waals surface area contributed by atoms with E-state index in [1.807, 2.05) is 18.2 Å². The zero-order valence-electron chi connectivity index (χ0n) is 27.6. The Balaban J connectivity index is 1.28. The highest BCUT2D eigenvalue weighted by Gasteiger charge is 2.46. The fourth-order valence-electron chi connectivity index (χ4n) is 7.60. The van der Waals surface area contributed by atoms with E-state index in [4.69, 9.17) is 15.0 Å². The van der Waals surface area contributed by atoms with Gasteiger partial charge in [-0.25, -0.2) is 15.0 Å². The van der Waals surface area contributed by atoms with Gasteiger partial charge in [-0.1, -0.05) is 143 Å². The van der Waals surface area contributed by atoms with Crippen LogP contribution < -0.4 is 0 Å². The first-order valence-corrected chi connectivity index (χ1v) is 16.7. The molecule has 1 aliphatic carbocycles. The number of hydrogen-bond acceptors (Lipinski definition) is 3. The minimum Gasteiger partial charge on any atom is -0.208 e. The van der Waals surface area contributed by atoms with Crippen molar-refractivity contribution >= 4 is 32.3 Å². The first-order chi connectivity index (χ1) is 23.3. The number of fused-ring (bicyclic) bond motifs is 7. The molecule has 230 valence electrons. The number of nitrogens with zero attached hydrogens (tertiary/aromatic N) is 3. The van der Waals surface area contributed by atoms with E-state index in [9.17, 15) is 0 Å². The summed E-state index contributed by atoms with van der Waals surface area (Å²) < 4.78 is 0. The van der Waals surface area contributed by atoms with E-state index in [-0.39, 0.29) is 10.8 Å². The largest absolute Gasteiger partial charge is 0.208 e. The molecule has 0 atom stereocenters. The molecule has 0 spiro atoms. The van der Waals surface area contributed by atoms with Crippen LogP contribution in [0.3, 0.4) is 0 Å². The van der Waals surface area contributed by atoms with Crippen LogP contribution in [-0.2, 0) is 10.8 Å². The van der Waals surface area contributed by atoms with Crippen LogP contribution in [0, 0.1) is 0 Å². The smallest absolute Gasteiger partial charge is 0.164 e. The highest BCUT2D eigenvalue weighted by molar-refractivity contribution is 6.09. The summed E-state index contributed by atoms with van der Waals surface area (Å²) in [6.45, 7) is 9.55. The Morgan fingerprint density at radius 2 is 0.896 bits per heavy atom. The molecule has 0 unspecified atom stereocenters. The van der Waals surface area contributed by atoms with E-state index in [1.165, 1.54) is 49.2 Å². The summed E-state index contributed by atoms with van der Waals surface area (Å²) in [5, 5.41) is 7.45. The second-order valence-corrected chi connectivity index (χ2v) is 14.2. The van der Waals surface area contributed by atoms with Gasteiger partial charge >= 0.3 is 0 Å². The molecule has 1 heterocycles. The Kier molecular flexibility index (Phi) is 6.20. The van der Waals surface area contributed by atoms with Crippen LogP contribution in [0.15, 0.2) is 140 Å². The van der Waals surface area contributed by atoms with Crippen LogP contribution in [0.1, 0.15) is 38.8 Å². The van der Waals surface area contributed by atoms with Crippen molar-refractivity contribution in [3.05, 3.63) is 151 Å². The van der Waals surface area contributed by atoms with Crippen molar-refractivity contribution < 1.29 is 0 Å². The number of aromatic nitrogens is 3. The first kappa shape index (κ1) is 28.5. The van der Waals surface area contributed by atoms with Crippen molar-refractivity contribution in [3.8, 4) is 45.3 Å². The SMILES string of the molecule is CC1(C)c2ccc(-c3nc(-c4ccccc4)nc(-c4ccc5ccccc5c4)n3)cc2-c2cc3c(ccc4ccccc43)cc2C1(C)C. The van der Waals surface area contributed by atoms with Crippen molar-refractivity contribution in [2.24, 2.45) is 0 Å². The minimum absolute atomic E-state index is 0.0897. The monoisotopic (exact) mass is 617 g/mol. The predicted octanol–water partition coefficient (Wildman–Crippen LogP) is 11.6. The van der Waals surface area contributed by atoms with Gasteiger partial charge in [-0.2, -0.15) is 0 Å². The summed E-state index contributed by atoms with van der Waals surface area (Å²) in [4.78, 5) is 15.3. The highest BCUT2D eigenvalue weighted by atomic mass is 15.0. The van der Waals surface area contributed by atoms with Gasteiger partial charge in [0.05, 0.1) is 0 Å². The lowest BCUT2D eigenvalue weighted by Gasteiger charge is -2.48. The van der Waals surface area contributed by atoms with Gasteiger partial charge in [0.25, 0.3) is 0 Å². The number of rotatable bonds is 3. The van der Waals surface area contributed by atoms with E-state index in [0.717, 1.165) is 22.1 Å². The fourth-order valence-corrected chi connectivity index (χ4v) is 7.60. The van der Waals surface area contributed by atoms with Crippen LogP contribution in [0.25, 0.3) is 77.6 Å². The van der Waals surface area contributed by atoms with Crippen molar-refractivity contribution in [1.82, 2.24) is 15.0 Å². The molecule has 1 aromatic heterocycles. The molecule has 1 aliphatic rings. The zero-order valence-corrected chi connectivity index (χ0v) is 27.6. The number of benzene rings is 7. The molecule has 7 aromatic carbocycles.